The molecule has 0 amide bonds. The Morgan fingerprint density at radius 3 is 2.81 bits per heavy atom. The highest BCUT2D eigenvalue weighted by Crippen LogP contribution is 2.16. The molecule has 1 rings (SSSR count). The Hall–Kier alpha value is -0.380. The molecule has 1 aromatic carbocycles. The van der Waals surface area contributed by atoms with Crippen LogP contribution in [0.3, 0.4) is 0 Å². The Bertz CT molecular complexity index is 315. The van der Waals surface area contributed by atoms with Crippen LogP contribution in [0.15, 0.2) is 22.7 Å². The van der Waals surface area contributed by atoms with Crippen molar-refractivity contribution in [3.63, 3.8) is 0 Å². The highest BCUT2D eigenvalue weighted by molar-refractivity contribution is 9.10. The molecule has 0 atom stereocenters. The number of aliphatic hydroxyl groups excluding tert-OH is 1. The van der Waals surface area contributed by atoms with Gasteiger partial charge in [0.25, 0.3) is 0 Å². The van der Waals surface area contributed by atoms with Crippen molar-refractivity contribution in [1.29, 1.82) is 0 Å². The molecule has 0 aliphatic carbocycles. The van der Waals surface area contributed by atoms with Gasteiger partial charge in [-0.3, -0.25) is 0 Å². The molecule has 0 bridgehead atoms. The molecule has 1 aromatic rings. The predicted octanol–water partition coefficient (Wildman–Crippen LogP) is 2.66. The summed E-state index contributed by atoms with van der Waals surface area (Å²) in [6, 6.07) is 6.41. The molecule has 2 nitrogen and oxygen atoms in total. The van der Waals surface area contributed by atoms with Crippen molar-refractivity contribution in [3.8, 4) is 0 Å². The van der Waals surface area contributed by atoms with E-state index in [1.165, 1.54) is 11.1 Å². The molecule has 0 spiro atoms. The zero-order valence-corrected chi connectivity index (χ0v) is 11.4. The van der Waals surface area contributed by atoms with Gasteiger partial charge in [0.1, 0.15) is 0 Å². The quantitative estimate of drug-likeness (QED) is 0.755. The lowest BCUT2D eigenvalue weighted by atomic mass is 10.1. The van der Waals surface area contributed by atoms with E-state index in [2.05, 4.69) is 46.4 Å². The fourth-order valence-electron chi connectivity index (χ4n) is 1.62. The topological polar surface area (TPSA) is 32.3 Å². The second-order valence-electron chi connectivity index (χ2n) is 4.00. The molecule has 0 aromatic heterocycles. The van der Waals surface area contributed by atoms with Gasteiger partial charge in [-0.05, 0) is 62.5 Å². The molecule has 0 aliphatic rings. The molecule has 0 saturated heterocycles. The molecule has 2 N–H and O–H groups in total. The molecule has 16 heavy (non-hydrogen) atoms. The van der Waals surface area contributed by atoms with Gasteiger partial charge < -0.3 is 10.4 Å². The third-order valence-corrected chi connectivity index (χ3v) is 3.14. The van der Waals surface area contributed by atoms with Gasteiger partial charge in [-0.25, -0.2) is 0 Å². The van der Waals surface area contributed by atoms with Crippen LogP contribution in [0.2, 0.25) is 0 Å². The van der Waals surface area contributed by atoms with Gasteiger partial charge in [0.05, 0.1) is 0 Å². The maximum atomic E-state index is 8.63. The molecule has 3 heteroatoms. The van der Waals surface area contributed by atoms with E-state index in [-0.39, 0.29) is 0 Å². The number of hydrogen-bond acceptors (Lipinski definition) is 2. The Morgan fingerprint density at radius 1 is 1.25 bits per heavy atom. The average molecular weight is 286 g/mol. The molecule has 0 unspecified atom stereocenters. The van der Waals surface area contributed by atoms with E-state index in [0.29, 0.717) is 6.61 Å². The fraction of sp³-hybridized carbons (Fsp3) is 0.538. The first-order valence-electron chi connectivity index (χ1n) is 5.80. The molecule has 90 valence electrons. The summed E-state index contributed by atoms with van der Waals surface area (Å²) in [5, 5.41) is 12.0. The van der Waals surface area contributed by atoms with Gasteiger partial charge >= 0.3 is 0 Å². The standard InChI is InChI=1S/C13H20BrNO/c1-11-4-5-13(14)10-12(11)6-8-15-7-2-3-9-16/h4-5,10,15-16H,2-3,6-9H2,1H3. The normalized spacial score (nSPS) is 10.7. The predicted molar refractivity (Wildman–Crippen MR) is 71.8 cm³/mol. The number of rotatable bonds is 7. The lowest BCUT2D eigenvalue weighted by Crippen LogP contribution is -2.19. The minimum atomic E-state index is 0.298. The number of halogens is 1. The van der Waals surface area contributed by atoms with Crippen LogP contribution in [0.4, 0.5) is 0 Å². The molecule has 0 fully saturated rings. The lowest BCUT2D eigenvalue weighted by Gasteiger charge is -2.07. The largest absolute Gasteiger partial charge is 0.396 e. The first-order valence-corrected chi connectivity index (χ1v) is 6.60. The molecule has 0 saturated carbocycles. The van der Waals surface area contributed by atoms with E-state index >= 15 is 0 Å². The van der Waals surface area contributed by atoms with Crippen LogP contribution in [0.25, 0.3) is 0 Å². The van der Waals surface area contributed by atoms with Crippen LogP contribution in [-0.4, -0.2) is 24.8 Å². The van der Waals surface area contributed by atoms with Crippen LogP contribution in [0.1, 0.15) is 24.0 Å². The fourth-order valence-corrected chi connectivity index (χ4v) is 2.03. The number of unbranched alkanes of at least 4 members (excludes halogenated alkanes) is 1. The zero-order valence-electron chi connectivity index (χ0n) is 9.80. The van der Waals surface area contributed by atoms with Gasteiger partial charge in [0.15, 0.2) is 0 Å². The van der Waals surface area contributed by atoms with E-state index in [0.717, 1.165) is 36.8 Å². The summed E-state index contributed by atoms with van der Waals surface area (Å²) in [6.07, 6.45) is 3.00. The summed E-state index contributed by atoms with van der Waals surface area (Å²) in [4.78, 5) is 0. The lowest BCUT2D eigenvalue weighted by molar-refractivity contribution is 0.284. The van der Waals surface area contributed by atoms with Crippen LogP contribution in [0, 0.1) is 6.92 Å². The highest BCUT2D eigenvalue weighted by Gasteiger charge is 1.98. The van der Waals surface area contributed by atoms with Crippen LogP contribution < -0.4 is 5.32 Å². The summed E-state index contributed by atoms with van der Waals surface area (Å²) < 4.78 is 1.15. The Kier molecular flexibility index (Phi) is 6.69. The molecular weight excluding hydrogens is 266 g/mol. The SMILES string of the molecule is Cc1ccc(Br)cc1CCNCCCCO. The van der Waals surface area contributed by atoms with Gasteiger partial charge in [-0.1, -0.05) is 22.0 Å². The van der Waals surface area contributed by atoms with Crippen molar-refractivity contribution >= 4 is 15.9 Å². The Balaban J connectivity index is 2.23. The van der Waals surface area contributed by atoms with Crippen molar-refractivity contribution in [1.82, 2.24) is 5.32 Å². The average Bonchev–Trinajstić information content (AvgIpc) is 2.28. The van der Waals surface area contributed by atoms with Crippen molar-refractivity contribution < 1.29 is 5.11 Å². The van der Waals surface area contributed by atoms with Crippen molar-refractivity contribution in [2.24, 2.45) is 0 Å². The van der Waals surface area contributed by atoms with Crippen molar-refractivity contribution in [2.75, 3.05) is 19.7 Å². The van der Waals surface area contributed by atoms with E-state index < -0.39 is 0 Å². The summed E-state index contributed by atoms with van der Waals surface area (Å²) in [5.74, 6) is 0. The third-order valence-electron chi connectivity index (χ3n) is 2.64. The van der Waals surface area contributed by atoms with Crippen LogP contribution in [-0.2, 0) is 6.42 Å². The minimum Gasteiger partial charge on any atom is -0.396 e. The monoisotopic (exact) mass is 285 g/mol. The van der Waals surface area contributed by atoms with Gasteiger partial charge in [-0.2, -0.15) is 0 Å². The Morgan fingerprint density at radius 2 is 2.06 bits per heavy atom. The van der Waals surface area contributed by atoms with Crippen LogP contribution in [0.5, 0.6) is 0 Å². The highest BCUT2D eigenvalue weighted by atomic mass is 79.9. The maximum Gasteiger partial charge on any atom is 0.0431 e. The summed E-state index contributed by atoms with van der Waals surface area (Å²) in [5.41, 5.74) is 2.74. The van der Waals surface area contributed by atoms with Crippen molar-refractivity contribution in [2.45, 2.75) is 26.2 Å². The summed E-state index contributed by atoms with van der Waals surface area (Å²) in [6.45, 7) is 4.44. The van der Waals surface area contributed by atoms with Gasteiger partial charge in [0, 0.05) is 11.1 Å². The summed E-state index contributed by atoms with van der Waals surface area (Å²) in [7, 11) is 0. The first-order chi connectivity index (χ1) is 7.74. The number of benzene rings is 1. The van der Waals surface area contributed by atoms with E-state index in [4.69, 9.17) is 5.11 Å². The number of hydrogen-bond donors (Lipinski definition) is 2. The van der Waals surface area contributed by atoms with Crippen molar-refractivity contribution in [3.05, 3.63) is 33.8 Å². The van der Waals surface area contributed by atoms with E-state index in [1.54, 1.807) is 0 Å². The number of nitrogens with one attached hydrogen (secondary N) is 1. The third kappa shape index (κ3) is 5.10. The van der Waals surface area contributed by atoms with E-state index in [9.17, 15) is 0 Å². The second kappa shape index (κ2) is 7.82. The second-order valence-corrected chi connectivity index (χ2v) is 4.92. The number of aryl methyl sites for hydroxylation is 1. The maximum absolute atomic E-state index is 8.63. The molecule has 0 heterocycles. The minimum absolute atomic E-state index is 0.298. The molecule has 0 radical (unpaired) electrons. The molecule has 0 aliphatic heterocycles. The summed E-state index contributed by atoms with van der Waals surface area (Å²) >= 11 is 3.49. The van der Waals surface area contributed by atoms with Crippen LogP contribution >= 0.6 is 15.9 Å². The van der Waals surface area contributed by atoms with Gasteiger partial charge in [-0.15, -0.1) is 0 Å². The zero-order chi connectivity index (χ0) is 11.8. The first kappa shape index (κ1) is 13.7. The number of aliphatic hydroxyl groups is 1. The van der Waals surface area contributed by atoms with E-state index in [1.807, 2.05) is 0 Å². The van der Waals surface area contributed by atoms with Gasteiger partial charge in [0.2, 0.25) is 0 Å². The Labute approximate surface area is 106 Å². The molecular formula is C13H20BrNO. The smallest absolute Gasteiger partial charge is 0.0431 e.